The lowest BCUT2D eigenvalue weighted by molar-refractivity contribution is -0.253. The van der Waals surface area contributed by atoms with E-state index >= 15 is 0 Å². The summed E-state index contributed by atoms with van der Waals surface area (Å²) < 4.78 is 42.9. The Morgan fingerprint density at radius 1 is 1.38 bits per heavy atom. The van der Waals surface area contributed by atoms with Crippen molar-refractivity contribution in [3.05, 3.63) is 12.3 Å². The Balaban J connectivity index is 2.78. The average molecular weight is 210 g/mol. The standard InChI is InChI=1S/C8H13F3OSi/c1-2-13-7(8(9,10)11)5-3-4-6-12-7/h2H,1,3-6,13H2. The molecular weight excluding hydrogens is 197 g/mol. The van der Waals surface area contributed by atoms with Crippen molar-refractivity contribution < 1.29 is 17.9 Å². The topological polar surface area (TPSA) is 9.23 Å². The maximum absolute atomic E-state index is 12.6. The lowest BCUT2D eigenvalue weighted by Crippen LogP contribution is -2.54. The highest BCUT2D eigenvalue weighted by atomic mass is 28.2. The molecule has 5 heteroatoms. The Morgan fingerprint density at radius 2 is 2.08 bits per heavy atom. The van der Waals surface area contributed by atoms with Crippen LogP contribution in [-0.4, -0.2) is 27.5 Å². The van der Waals surface area contributed by atoms with Crippen LogP contribution in [0, 0.1) is 0 Å². The molecule has 1 fully saturated rings. The number of rotatable bonds is 2. The van der Waals surface area contributed by atoms with Gasteiger partial charge in [-0.3, -0.25) is 0 Å². The minimum absolute atomic E-state index is 0.120. The van der Waals surface area contributed by atoms with Gasteiger partial charge in [-0.15, -0.1) is 12.3 Å². The van der Waals surface area contributed by atoms with Gasteiger partial charge in [-0.2, -0.15) is 13.2 Å². The molecule has 76 valence electrons. The van der Waals surface area contributed by atoms with E-state index in [1.807, 2.05) is 0 Å². The van der Waals surface area contributed by atoms with E-state index in [0.29, 0.717) is 6.42 Å². The molecule has 0 saturated carbocycles. The lowest BCUT2D eigenvalue weighted by atomic mass is 10.1. The van der Waals surface area contributed by atoms with Crippen LogP contribution < -0.4 is 0 Å². The van der Waals surface area contributed by atoms with E-state index in [1.54, 1.807) is 0 Å². The predicted molar refractivity (Wildman–Crippen MR) is 47.3 cm³/mol. The minimum Gasteiger partial charge on any atom is -0.369 e. The highest BCUT2D eigenvalue weighted by Gasteiger charge is 2.55. The molecule has 1 aliphatic rings. The van der Waals surface area contributed by atoms with E-state index in [1.165, 1.54) is 5.70 Å². The van der Waals surface area contributed by atoms with Gasteiger partial charge in [0.05, 0.1) is 9.52 Å². The van der Waals surface area contributed by atoms with Gasteiger partial charge in [-0.25, -0.2) is 0 Å². The fraction of sp³-hybridized carbons (Fsp3) is 0.750. The van der Waals surface area contributed by atoms with E-state index in [-0.39, 0.29) is 13.0 Å². The van der Waals surface area contributed by atoms with Gasteiger partial charge in [0.1, 0.15) is 5.22 Å². The second kappa shape index (κ2) is 3.83. The maximum atomic E-state index is 12.6. The molecule has 0 spiro atoms. The number of hydrogen-bond acceptors (Lipinski definition) is 1. The summed E-state index contributed by atoms with van der Waals surface area (Å²) in [4.78, 5) is 0. The van der Waals surface area contributed by atoms with E-state index in [4.69, 9.17) is 4.74 Å². The van der Waals surface area contributed by atoms with Crippen molar-refractivity contribution >= 4 is 9.52 Å². The molecule has 13 heavy (non-hydrogen) atoms. The van der Waals surface area contributed by atoms with Gasteiger partial charge in [0, 0.05) is 6.61 Å². The summed E-state index contributed by atoms with van der Waals surface area (Å²) in [5, 5.41) is -1.81. The molecule has 1 nitrogen and oxygen atoms in total. The number of alkyl halides is 3. The van der Waals surface area contributed by atoms with Gasteiger partial charge < -0.3 is 4.74 Å². The highest BCUT2D eigenvalue weighted by molar-refractivity contribution is 6.46. The Morgan fingerprint density at radius 3 is 2.46 bits per heavy atom. The van der Waals surface area contributed by atoms with Crippen molar-refractivity contribution in [3.8, 4) is 0 Å². The number of halogens is 3. The second-order valence-electron chi connectivity index (χ2n) is 3.29. The largest absolute Gasteiger partial charge is 0.413 e. The fourth-order valence-corrected chi connectivity index (χ4v) is 3.00. The van der Waals surface area contributed by atoms with E-state index < -0.39 is 20.9 Å². The van der Waals surface area contributed by atoms with Crippen LogP contribution in [0.4, 0.5) is 13.2 Å². The van der Waals surface area contributed by atoms with Gasteiger partial charge >= 0.3 is 6.18 Å². The van der Waals surface area contributed by atoms with Crippen LogP contribution in [0.3, 0.4) is 0 Å². The first-order valence-corrected chi connectivity index (χ1v) is 5.86. The summed E-state index contributed by atoms with van der Waals surface area (Å²) in [5.74, 6) is 0. The molecule has 1 aliphatic heterocycles. The Bertz CT molecular complexity index is 184. The first-order chi connectivity index (χ1) is 6.02. The average Bonchev–Trinajstić information content (AvgIpc) is 2.04. The zero-order chi connectivity index (χ0) is 9.95. The molecule has 0 amide bonds. The number of ether oxygens (including phenoxy) is 1. The first-order valence-electron chi connectivity index (χ1n) is 4.33. The van der Waals surface area contributed by atoms with Gasteiger partial charge in [0.2, 0.25) is 0 Å². The van der Waals surface area contributed by atoms with Crippen LogP contribution in [0.15, 0.2) is 12.3 Å². The second-order valence-corrected chi connectivity index (χ2v) is 5.42. The SMILES string of the molecule is C=C[SiH2]C1(C(F)(F)F)CCCCO1. The third-order valence-electron chi connectivity index (χ3n) is 2.34. The first kappa shape index (κ1) is 10.8. The van der Waals surface area contributed by atoms with Crippen molar-refractivity contribution in [1.82, 2.24) is 0 Å². The quantitative estimate of drug-likeness (QED) is 0.631. The van der Waals surface area contributed by atoms with Crippen LogP contribution in [0.1, 0.15) is 19.3 Å². The van der Waals surface area contributed by atoms with Crippen molar-refractivity contribution in [2.45, 2.75) is 30.7 Å². The van der Waals surface area contributed by atoms with E-state index in [2.05, 4.69) is 6.58 Å². The lowest BCUT2D eigenvalue weighted by Gasteiger charge is -2.38. The molecule has 1 heterocycles. The molecule has 0 bridgehead atoms. The molecule has 1 atom stereocenters. The molecule has 0 aromatic rings. The van der Waals surface area contributed by atoms with E-state index in [0.717, 1.165) is 6.42 Å². The Hall–Kier alpha value is -0.293. The Labute approximate surface area is 77.8 Å². The zero-order valence-electron chi connectivity index (χ0n) is 7.36. The maximum Gasteiger partial charge on any atom is 0.413 e. The summed E-state index contributed by atoms with van der Waals surface area (Å²) in [6.07, 6.45) is -2.74. The smallest absolute Gasteiger partial charge is 0.369 e. The minimum atomic E-state index is -4.21. The van der Waals surface area contributed by atoms with Crippen LogP contribution in [0.2, 0.25) is 0 Å². The molecule has 1 unspecified atom stereocenters. The Kier molecular flexibility index (Phi) is 3.18. The number of hydrogen-bond donors (Lipinski definition) is 0. The van der Waals surface area contributed by atoms with Crippen molar-refractivity contribution in [1.29, 1.82) is 0 Å². The van der Waals surface area contributed by atoms with Crippen LogP contribution in [0.5, 0.6) is 0 Å². The third-order valence-corrected chi connectivity index (χ3v) is 4.25. The van der Waals surface area contributed by atoms with E-state index in [9.17, 15) is 13.2 Å². The van der Waals surface area contributed by atoms with Crippen LogP contribution >= 0.6 is 0 Å². The van der Waals surface area contributed by atoms with Gasteiger partial charge in [-0.05, 0) is 19.3 Å². The van der Waals surface area contributed by atoms with Crippen LogP contribution in [0.25, 0.3) is 0 Å². The fourth-order valence-electron chi connectivity index (χ4n) is 1.59. The van der Waals surface area contributed by atoms with Gasteiger partial charge in [-0.1, -0.05) is 0 Å². The molecule has 0 N–H and O–H groups in total. The molecular formula is C8H13F3OSi. The molecule has 1 rings (SSSR count). The monoisotopic (exact) mass is 210 g/mol. The normalized spacial score (nSPS) is 31.0. The summed E-state index contributed by atoms with van der Waals surface area (Å²) in [5.41, 5.74) is 1.42. The summed E-state index contributed by atoms with van der Waals surface area (Å²) in [7, 11) is -1.42. The highest BCUT2D eigenvalue weighted by Crippen LogP contribution is 2.39. The molecule has 0 aromatic carbocycles. The zero-order valence-corrected chi connectivity index (χ0v) is 8.78. The molecule has 0 aromatic heterocycles. The van der Waals surface area contributed by atoms with Crippen molar-refractivity contribution in [3.63, 3.8) is 0 Å². The van der Waals surface area contributed by atoms with Gasteiger partial charge in [0.15, 0.2) is 0 Å². The van der Waals surface area contributed by atoms with Crippen molar-refractivity contribution in [2.75, 3.05) is 6.61 Å². The third kappa shape index (κ3) is 2.14. The summed E-state index contributed by atoms with van der Waals surface area (Å²) >= 11 is 0. The van der Waals surface area contributed by atoms with Crippen LogP contribution in [-0.2, 0) is 4.74 Å². The van der Waals surface area contributed by atoms with Crippen molar-refractivity contribution in [2.24, 2.45) is 0 Å². The molecule has 0 radical (unpaired) electrons. The summed E-state index contributed by atoms with van der Waals surface area (Å²) in [6, 6.07) is 0. The predicted octanol–water partition coefficient (Wildman–Crippen LogP) is 1.76. The van der Waals surface area contributed by atoms with Gasteiger partial charge in [0.25, 0.3) is 0 Å². The molecule has 0 aliphatic carbocycles. The summed E-state index contributed by atoms with van der Waals surface area (Å²) in [6.45, 7) is 3.63. The molecule has 1 saturated heterocycles.